The fourth-order valence-corrected chi connectivity index (χ4v) is 1.27. The number of nitrogens with two attached hydrogens (primary N) is 1. The topological polar surface area (TPSA) is 26.0 Å². The van der Waals surface area contributed by atoms with Gasteiger partial charge in [-0.15, -0.1) is 0 Å². The summed E-state index contributed by atoms with van der Waals surface area (Å²) in [5.74, 6) is 0. The summed E-state index contributed by atoms with van der Waals surface area (Å²) in [5, 5.41) is 0. The van der Waals surface area contributed by atoms with E-state index in [1.54, 1.807) is 0 Å². The minimum atomic E-state index is 0.148. The molecule has 1 heteroatoms. The Morgan fingerprint density at radius 3 is 2.36 bits per heavy atom. The molecule has 0 saturated carbocycles. The molecular weight excluding hydrogens is 134 g/mol. The van der Waals surface area contributed by atoms with Crippen molar-refractivity contribution >= 4 is 0 Å². The maximum absolute atomic E-state index is 5.78. The van der Waals surface area contributed by atoms with Gasteiger partial charge in [-0.2, -0.15) is 0 Å². The summed E-state index contributed by atoms with van der Waals surface area (Å²) in [5.41, 5.74) is 9.68. The molecule has 60 valence electrons. The fraction of sp³-hybridized carbons (Fsp3) is 0.400. The van der Waals surface area contributed by atoms with Crippen LogP contribution in [0.5, 0.6) is 0 Å². The predicted octanol–water partition coefficient (Wildman–Crippen LogP) is 2.32. The molecular formula is C10H15N. The van der Waals surface area contributed by atoms with Crippen LogP contribution < -0.4 is 5.73 Å². The summed E-state index contributed by atoms with van der Waals surface area (Å²) >= 11 is 0. The first kappa shape index (κ1) is 8.28. The van der Waals surface area contributed by atoms with Gasteiger partial charge < -0.3 is 5.73 Å². The monoisotopic (exact) mass is 149 g/mol. The normalized spacial score (nSPS) is 13.1. The first-order valence-electron chi connectivity index (χ1n) is 3.94. The zero-order valence-corrected chi connectivity index (χ0v) is 7.39. The van der Waals surface area contributed by atoms with E-state index in [0.717, 1.165) is 0 Å². The van der Waals surface area contributed by atoms with Crippen LogP contribution in [-0.4, -0.2) is 0 Å². The second-order valence-electron chi connectivity index (χ2n) is 3.08. The van der Waals surface area contributed by atoms with Gasteiger partial charge in [0.15, 0.2) is 0 Å². The number of benzene rings is 1. The first-order chi connectivity index (χ1) is 5.13. The molecule has 0 aliphatic heterocycles. The molecule has 0 radical (unpaired) electrons. The van der Waals surface area contributed by atoms with Crippen LogP contribution >= 0.6 is 0 Å². The van der Waals surface area contributed by atoms with Crippen LogP contribution in [0.25, 0.3) is 0 Å². The minimum Gasteiger partial charge on any atom is -0.324 e. The SMILES string of the molecule is Cc1cccc([C@@H](C)N)c1C. The Morgan fingerprint density at radius 1 is 1.27 bits per heavy atom. The van der Waals surface area contributed by atoms with Crippen molar-refractivity contribution in [1.29, 1.82) is 0 Å². The number of rotatable bonds is 1. The minimum absolute atomic E-state index is 0.148. The van der Waals surface area contributed by atoms with Crippen molar-refractivity contribution < 1.29 is 0 Å². The average molecular weight is 149 g/mol. The van der Waals surface area contributed by atoms with Gasteiger partial charge >= 0.3 is 0 Å². The van der Waals surface area contributed by atoms with E-state index in [4.69, 9.17) is 5.73 Å². The lowest BCUT2D eigenvalue weighted by atomic mass is 9.99. The second kappa shape index (κ2) is 3.05. The van der Waals surface area contributed by atoms with Gasteiger partial charge in [-0.25, -0.2) is 0 Å². The lowest BCUT2D eigenvalue weighted by Gasteiger charge is -2.10. The molecule has 0 amide bonds. The highest BCUT2D eigenvalue weighted by atomic mass is 14.6. The van der Waals surface area contributed by atoms with Crippen LogP contribution in [0.15, 0.2) is 18.2 Å². The van der Waals surface area contributed by atoms with E-state index in [1.165, 1.54) is 16.7 Å². The smallest absolute Gasteiger partial charge is 0.0268 e. The predicted molar refractivity (Wildman–Crippen MR) is 48.5 cm³/mol. The molecule has 1 aromatic rings. The van der Waals surface area contributed by atoms with Crippen molar-refractivity contribution in [2.75, 3.05) is 0 Å². The van der Waals surface area contributed by atoms with Gasteiger partial charge in [0, 0.05) is 6.04 Å². The molecule has 0 saturated heterocycles. The third-order valence-corrected chi connectivity index (χ3v) is 2.14. The van der Waals surface area contributed by atoms with E-state index < -0.39 is 0 Å². The van der Waals surface area contributed by atoms with Gasteiger partial charge in [-0.3, -0.25) is 0 Å². The largest absolute Gasteiger partial charge is 0.324 e. The van der Waals surface area contributed by atoms with Crippen LogP contribution in [0.2, 0.25) is 0 Å². The van der Waals surface area contributed by atoms with Crippen molar-refractivity contribution in [2.24, 2.45) is 5.73 Å². The van der Waals surface area contributed by atoms with E-state index in [-0.39, 0.29) is 6.04 Å². The summed E-state index contributed by atoms with van der Waals surface area (Å²) < 4.78 is 0. The third-order valence-electron chi connectivity index (χ3n) is 2.14. The second-order valence-corrected chi connectivity index (χ2v) is 3.08. The highest BCUT2D eigenvalue weighted by Crippen LogP contribution is 2.17. The standard InChI is InChI=1S/C10H15N/c1-7-5-4-6-10(8(7)2)9(3)11/h4-6,9H,11H2,1-3H3/t9-/m1/s1. The van der Waals surface area contributed by atoms with Crippen molar-refractivity contribution in [1.82, 2.24) is 0 Å². The molecule has 11 heavy (non-hydrogen) atoms. The molecule has 1 nitrogen and oxygen atoms in total. The number of hydrogen-bond acceptors (Lipinski definition) is 1. The molecule has 1 atom stereocenters. The van der Waals surface area contributed by atoms with E-state index in [1.807, 2.05) is 6.92 Å². The molecule has 1 rings (SSSR count). The van der Waals surface area contributed by atoms with Crippen LogP contribution in [0, 0.1) is 13.8 Å². The van der Waals surface area contributed by atoms with E-state index >= 15 is 0 Å². The molecule has 0 aliphatic carbocycles. The summed E-state index contributed by atoms with van der Waals surface area (Å²) in [4.78, 5) is 0. The lowest BCUT2D eigenvalue weighted by molar-refractivity contribution is 0.808. The quantitative estimate of drug-likeness (QED) is 0.651. The Morgan fingerprint density at radius 2 is 1.91 bits per heavy atom. The Kier molecular flexibility index (Phi) is 2.30. The van der Waals surface area contributed by atoms with Crippen molar-refractivity contribution in [3.63, 3.8) is 0 Å². The zero-order valence-electron chi connectivity index (χ0n) is 7.39. The van der Waals surface area contributed by atoms with Gasteiger partial charge in [0.05, 0.1) is 0 Å². The fourth-order valence-electron chi connectivity index (χ4n) is 1.27. The van der Waals surface area contributed by atoms with E-state index in [2.05, 4.69) is 32.0 Å². The molecule has 0 spiro atoms. The van der Waals surface area contributed by atoms with Crippen LogP contribution in [0.1, 0.15) is 29.7 Å². The van der Waals surface area contributed by atoms with E-state index in [0.29, 0.717) is 0 Å². The lowest BCUT2D eigenvalue weighted by Crippen LogP contribution is -2.07. The van der Waals surface area contributed by atoms with Crippen LogP contribution in [0.4, 0.5) is 0 Å². The molecule has 0 aliphatic rings. The molecule has 0 fully saturated rings. The number of aryl methyl sites for hydroxylation is 1. The van der Waals surface area contributed by atoms with Gasteiger partial charge in [0.2, 0.25) is 0 Å². The van der Waals surface area contributed by atoms with Crippen LogP contribution in [-0.2, 0) is 0 Å². The van der Waals surface area contributed by atoms with Gasteiger partial charge in [0.1, 0.15) is 0 Å². The van der Waals surface area contributed by atoms with Gasteiger partial charge in [-0.1, -0.05) is 18.2 Å². The van der Waals surface area contributed by atoms with Gasteiger partial charge in [-0.05, 0) is 37.5 Å². The summed E-state index contributed by atoms with van der Waals surface area (Å²) in [6, 6.07) is 6.41. The van der Waals surface area contributed by atoms with Crippen molar-refractivity contribution in [3.05, 3.63) is 34.9 Å². The van der Waals surface area contributed by atoms with Crippen molar-refractivity contribution in [3.8, 4) is 0 Å². The third kappa shape index (κ3) is 1.60. The average Bonchev–Trinajstić information content (AvgIpc) is 1.94. The summed E-state index contributed by atoms with van der Waals surface area (Å²) in [6.45, 7) is 6.25. The summed E-state index contributed by atoms with van der Waals surface area (Å²) in [6.07, 6.45) is 0. The highest BCUT2D eigenvalue weighted by Gasteiger charge is 2.03. The summed E-state index contributed by atoms with van der Waals surface area (Å²) in [7, 11) is 0. The maximum atomic E-state index is 5.78. The number of hydrogen-bond donors (Lipinski definition) is 1. The van der Waals surface area contributed by atoms with Crippen LogP contribution in [0.3, 0.4) is 0 Å². The molecule has 0 unspecified atom stereocenters. The Balaban J connectivity index is 3.17. The molecule has 1 aromatic carbocycles. The Labute approximate surface area is 68.2 Å². The molecule has 0 bridgehead atoms. The maximum Gasteiger partial charge on any atom is 0.0268 e. The van der Waals surface area contributed by atoms with Crippen molar-refractivity contribution in [2.45, 2.75) is 26.8 Å². The van der Waals surface area contributed by atoms with E-state index in [9.17, 15) is 0 Å². The Bertz CT molecular complexity index is 251. The molecule has 0 aromatic heterocycles. The Hall–Kier alpha value is -0.820. The highest BCUT2D eigenvalue weighted by molar-refractivity contribution is 5.34. The molecule has 2 N–H and O–H groups in total. The zero-order chi connectivity index (χ0) is 8.43. The van der Waals surface area contributed by atoms with Gasteiger partial charge in [0.25, 0.3) is 0 Å². The first-order valence-corrected chi connectivity index (χ1v) is 3.94. The molecule has 0 heterocycles.